The summed E-state index contributed by atoms with van der Waals surface area (Å²) in [6.07, 6.45) is 0. The number of halogens is 1. The van der Waals surface area contributed by atoms with Crippen LogP contribution >= 0.6 is 11.6 Å². The second-order valence-corrected chi connectivity index (χ2v) is 5.20. The molecule has 2 N–H and O–H groups in total. The van der Waals surface area contributed by atoms with Crippen LogP contribution in [0.3, 0.4) is 0 Å². The van der Waals surface area contributed by atoms with Gasteiger partial charge in [0.05, 0.1) is 16.6 Å². The first kappa shape index (κ1) is 14.3. The third kappa shape index (κ3) is 2.58. The van der Waals surface area contributed by atoms with Gasteiger partial charge in [-0.25, -0.2) is 9.78 Å². The Balaban J connectivity index is 2.12. The van der Waals surface area contributed by atoms with Crippen LogP contribution in [-0.4, -0.2) is 21.0 Å². The number of carboxylic acid groups (broad SMARTS) is 1. The normalized spacial score (nSPS) is 12.2. The van der Waals surface area contributed by atoms with E-state index < -0.39 is 16.9 Å². The topological polar surface area (TPSA) is 83.0 Å². The van der Waals surface area contributed by atoms with Crippen LogP contribution in [0.1, 0.15) is 27.0 Å². The molecule has 0 saturated heterocycles. The number of hydrogen-bond acceptors (Lipinski definition) is 3. The summed E-state index contributed by atoms with van der Waals surface area (Å²) >= 11 is 6.34. The Labute approximate surface area is 130 Å². The van der Waals surface area contributed by atoms with Crippen LogP contribution in [0.15, 0.2) is 53.3 Å². The number of rotatable bonds is 3. The molecule has 0 bridgehead atoms. The van der Waals surface area contributed by atoms with Crippen molar-refractivity contribution in [3.8, 4) is 0 Å². The zero-order chi connectivity index (χ0) is 15.7. The molecular weight excluding hydrogens is 304 g/mol. The van der Waals surface area contributed by atoms with E-state index >= 15 is 0 Å². The molecule has 0 fully saturated rings. The summed E-state index contributed by atoms with van der Waals surface area (Å²) in [6.45, 7) is 0. The number of fused-ring (bicyclic) bond motifs is 1. The van der Waals surface area contributed by atoms with Crippen molar-refractivity contribution in [2.75, 3.05) is 0 Å². The van der Waals surface area contributed by atoms with Gasteiger partial charge < -0.3 is 10.1 Å². The number of carbonyl (C=O) groups is 1. The first-order valence-electron chi connectivity index (χ1n) is 6.52. The Kier molecular flexibility index (Phi) is 3.65. The van der Waals surface area contributed by atoms with Gasteiger partial charge in [0.2, 0.25) is 0 Å². The Morgan fingerprint density at radius 1 is 1.18 bits per heavy atom. The molecule has 0 amide bonds. The lowest BCUT2D eigenvalue weighted by Gasteiger charge is -2.09. The summed E-state index contributed by atoms with van der Waals surface area (Å²) in [5.41, 5.74) is 1.46. The fourth-order valence-corrected chi connectivity index (χ4v) is 2.48. The van der Waals surface area contributed by atoms with Gasteiger partial charge in [0.1, 0.15) is 11.1 Å². The van der Waals surface area contributed by atoms with E-state index in [0.717, 1.165) is 5.56 Å². The minimum absolute atomic E-state index is 0.0863. The second kappa shape index (κ2) is 5.61. The van der Waals surface area contributed by atoms with Crippen LogP contribution in [0, 0.1) is 0 Å². The fraction of sp³-hybridized carbons (Fsp3) is 0.0625. The molecule has 1 unspecified atom stereocenters. The van der Waals surface area contributed by atoms with Crippen LogP contribution < -0.4 is 5.56 Å². The lowest BCUT2D eigenvalue weighted by Crippen LogP contribution is -2.17. The molecule has 6 heteroatoms. The number of benzene rings is 2. The van der Waals surface area contributed by atoms with Gasteiger partial charge in [-0.1, -0.05) is 30.3 Å². The Morgan fingerprint density at radius 3 is 2.59 bits per heavy atom. The van der Waals surface area contributed by atoms with Crippen molar-refractivity contribution >= 4 is 28.6 Å². The molecule has 3 aromatic rings. The summed E-state index contributed by atoms with van der Waals surface area (Å²) < 4.78 is 0. The van der Waals surface area contributed by atoms with E-state index in [1.807, 2.05) is 30.3 Å². The van der Waals surface area contributed by atoms with E-state index in [4.69, 9.17) is 16.7 Å². The van der Waals surface area contributed by atoms with Crippen LogP contribution in [0.5, 0.6) is 0 Å². The zero-order valence-corrected chi connectivity index (χ0v) is 12.0. The predicted molar refractivity (Wildman–Crippen MR) is 83.5 cm³/mol. The molecule has 0 radical (unpaired) electrons. The maximum Gasteiger partial charge on any atom is 0.335 e. The molecule has 1 aromatic heterocycles. The maximum absolute atomic E-state index is 12.2. The first-order chi connectivity index (χ1) is 10.6. The van der Waals surface area contributed by atoms with E-state index in [1.165, 1.54) is 12.1 Å². The molecule has 22 heavy (non-hydrogen) atoms. The highest BCUT2D eigenvalue weighted by Gasteiger charge is 2.17. The van der Waals surface area contributed by atoms with Crippen LogP contribution in [0.25, 0.3) is 11.0 Å². The van der Waals surface area contributed by atoms with Gasteiger partial charge in [0.25, 0.3) is 5.56 Å². The molecule has 2 aromatic carbocycles. The largest absolute Gasteiger partial charge is 0.478 e. The van der Waals surface area contributed by atoms with Gasteiger partial charge in [-0.15, -0.1) is 11.6 Å². The third-order valence-electron chi connectivity index (χ3n) is 3.30. The van der Waals surface area contributed by atoms with Crippen molar-refractivity contribution in [3.05, 3.63) is 75.7 Å². The van der Waals surface area contributed by atoms with Gasteiger partial charge in [-0.2, -0.15) is 0 Å². The van der Waals surface area contributed by atoms with Gasteiger partial charge >= 0.3 is 5.97 Å². The molecule has 110 valence electrons. The number of aromatic carboxylic acids is 1. The number of nitrogens with one attached hydrogen (secondary N) is 1. The second-order valence-electron chi connectivity index (χ2n) is 4.76. The van der Waals surface area contributed by atoms with Gasteiger partial charge in [-0.3, -0.25) is 4.79 Å². The van der Waals surface area contributed by atoms with Crippen molar-refractivity contribution in [3.63, 3.8) is 0 Å². The molecule has 1 atom stereocenters. The summed E-state index contributed by atoms with van der Waals surface area (Å²) in [5.74, 6) is -1.06. The minimum atomic E-state index is -1.06. The third-order valence-corrected chi connectivity index (χ3v) is 3.76. The SMILES string of the molecule is O=C(O)c1ccc2nc(C(Cl)c3ccccc3)c(=O)[nH]c2c1. The lowest BCUT2D eigenvalue weighted by molar-refractivity contribution is 0.0697. The van der Waals surface area contributed by atoms with E-state index in [2.05, 4.69) is 9.97 Å². The summed E-state index contributed by atoms with van der Waals surface area (Å²) in [4.78, 5) is 30.1. The fourth-order valence-electron chi connectivity index (χ4n) is 2.19. The van der Waals surface area contributed by atoms with Crippen molar-refractivity contribution in [2.45, 2.75) is 5.38 Å². The summed E-state index contributed by atoms with van der Waals surface area (Å²) in [5, 5.41) is 8.30. The smallest absolute Gasteiger partial charge is 0.335 e. The Morgan fingerprint density at radius 2 is 1.91 bits per heavy atom. The number of H-pyrrole nitrogens is 1. The maximum atomic E-state index is 12.2. The molecule has 0 saturated carbocycles. The van der Waals surface area contributed by atoms with E-state index in [-0.39, 0.29) is 11.3 Å². The van der Waals surface area contributed by atoms with E-state index in [9.17, 15) is 9.59 Å². The van der Waals surface area contributed by atoms with E-state index in [1.54, 1.807) is 6.07 Å². The molecular formula is C16H11ClN2O3. The summed E-state index contributed by atoms with van der Waals surface area (Å²) in [7, 11) is 0. The van der Waals surface area contributed by atoms with Crippen LogP contribution in [-0.2, 0) is 0 Å². The highest BCUT2D eigenvalue weighted by atomic mass is 35.5. The molecule has 3 rings (SSSR count). The van der Waals surface area contributed by atoms with Gasteiger partial charge in [0, 0.05) is 0 Å². The number of nitrogens with zero attached hydrogens (tertiary/aromatic N) is 1. The van der Waals surface area contributed by atoms with Gasteiger partial charge in [-0.05, 0) is 23.8 Å². The highest BCUT2D eigenvalue weighted by Crippen LogP contribution is 2.25. The molecule has 1 heterocycles. The molecule has 0 aliphatic carbocycles. The zero-order valence-electron chi connectivity index (χ0n) is 11.3. The Bertz CT molecular complexity index is 906. The number of hydrogen-bond donors (Lipinski definition) is 2. The van der Waals surface area contributed by atoms with E-state index in [0.29, 0.717) is 11.0 Å². The standard InChI is InChI=1S/C16H11ClN2O3/c17-13(9-4-2-1-3-5-9)14-15(20)19-12-8-10(16(21)22)6-7-11(12)18-14/h1-8,13H,(H,19,20)(H,21,22). The average Bonchev–Trinajstić information content (AvgIpc) is 2.53. The molecule has 0 aliphatic heterocycles. The van der Waals surface area contributed by atoms with Crippen molar-refractivity contribution in [1.29, 1.82) is 0 Å². The number of alkyl halides is 1. The van der Waals surface area contributed by atoms with Gasteiger partial charge in [0.15, 0.2) is 0 Å². The van der Waals surface area contributed by atoms with Crippen LogP contribution in [0.2, 0.25) is 0 Å². The quantitative estimate of drug-likeness (QED) is 0.728. The molecule has 5 nitrogen and oxygen atoms in total. The highest BCUT2D eigenvalue weighted by molar-refractivity contribution is 6.22. The van der Waals surface area contributed by atoms with Crippen molar-refractivity contribution in [2.24, 2.45) is 0 Å². The Hall–Kier alpha value is -2.66. The number of carboxylic acids is 1. The summed E-state index contributed by atoms with van der Waals surface area (Å²) in [6, 6.07) is 13.5. The first-order valence-corrected chi connectivity index (χ1v) is 6.96. The molecule has 0 spiro atoms. The predicted octanol–water partition coefficient (Wildman–Crippen LogP) is 2.95. The van der Waals surface area contributed by atoms with Crippen molar-refractivity contribution in [1.82, 2.24) is 9.97 Å². The van der Waals surface area contributed by atoms with Crippen LogP contribution in [0.4, 0.5) is 0 Å². The van der Waals surface area contributed by atoms with Crippen molar-refractivity contribution < 1.29 is 9.90 Å². The average molecular weight is 315 g/mol. The lowest BCUT2D eigenvalue weighted by atomic mass is 10.1. The number of aromatic nitrogens is 2. The molecule has 0 aliphatic rings. The monoisotopic (exact) mass is 314 g/mol. The number of aromatic amines is 1. The minimum Gasteiger partial charge on any atom is -0.478 e.